The molecule has 0 N–H and O–H groups in total. The molecule has 0 heterocycles. The van der Waals surface area contributed by atoms with Crippen LogP contribution < -0.4 is 4.90 Å². The van der Waals surface area contributed by atoms with Crippen molar-refractivity contribution in [2.45, 2.75) is 6.92 Å². The zero-order valence-corrected chi connectivity index (χ0v) is 8.86. The van der Waals surface area contributed by atoms with Crippen LogP contribution in [-0.2, 0) is 0 Å². The third-order valence-electron chi connectivity index (χ3n) is 1.75. The Morgan fingerprint density at radius 3 is 2.79 bits per heavy atom. The van der Waals surface area contributed by atoms with Crippen LogP contribution in [0.4, 0.5) is 11.4 Å². The highest BCUT2D eigenvalue weighted by atomic mass is 15.1. The maximum atomic E-state index is 4.10. The Morgan fingerprint density at radius 2 is 2.14 bits per heavy atom. The molecule has 0 fully saturated rings. The standard InChI is InChI=1S/C11H15N3/c1-4-12-9-13-10-6-5-7-11(8-10)14(2)3/h5-8H,4H2,1-3H3. The van der Waals surface area contributed by atoms with Gasteiger partial charge in [-0.2, -0.15) is 4.99 Å². The predicted octanol–water partition coefficient (Wildman–Crippen LogP) is 2.58. The van der Waals surface area contributed by atoms with Gasteiger partial charge in [-0.15, -0.1) is 0 Å². The van der Waals surface area contributed by atoms with Crippen LogP contribution >= 0.6 is 0 Å². The Labute approximate surface area is 84.8 Å². The topological polar surface area (TPSA) is 28.0 Å². The fourth-order valence-electron chi connectivity index (χ4n) is 1.00. The summed E-state index contributed by atoms with van der Waals surface area (Å²) in [5.41, 5.74) is 2.01. The molecule has 1 aromatic carbocycles. The van der Waals surface area contributed by atoms with Crippen molar-refractivity contribution in [2.24, 2.45) is 9.98 Å². The number of nitrogens with zero attached hydrogens (tertiary/aromatic N) is 3. The van der Waals surface area contributed by atoms with Crippen molar-refractivity contribution in [3.05, 3.63) is 24.3 Å². The van der Waals surface area contributed by atoms with E-state index in [1.54, 1.807) is 0 Å². The summed E-state index contributed by atoms with van der Waals surface area (Å²) in [5.74, 6) is 0. The van der Waals surface area contributed by atoms with Gasteiger partial charge in [-0.25, -0.2) is 4.99 Å². The molecule has 0 aliphatic rings. The lowest BCUT2D eigenvalue weighted by Gasteiger charge is -2.11. The van der Waals surface area contributed by atoms with Gasteiger partial charge in [0.25, 0.3) is 0 Å². The minimum atomic E-state index is 0.719. The number of rotatable bonds is 3. The van der Waals surface area contributed by atoms with Crippen molar-refractivity contribution in [2.75, 3.05) is 25.5 Å². The van der Waals surface area contributed by atoms with Crippen LogP contribution in [0.15, 0.2) is 34.3 Å². The van der Waals surface area contributed by atoms with Crippen LogP contribution in [0.3, 0.4) is 0 Å². The maximum absolute atomic E-state index is 4.10. The Balaban J connectivity index is 2.89. The van der Waals surface area contributed by atoms with Gasteiger partial charge in [-0.1, -0.05) is 6.07 Å². The Hall–Kier alpha value is -1.60. The first-order valence-electron chi connectivity index (χ1n) is 4.63. The second-order valence-electron chi connectivity index (χ2n) is 3.10. The Bertz CT molecular complexity index is 349. The first-order chi connectivity index (χ1) is 6.74. The summed E-state index contributed by atoms with van der Waals surface area (Å²) < 4.78 is 0. The minimum Gasteiger partial charge on any atom is -0.378 e. The lowest BCUT2D eigenvalue weighted by molar-refractivity contribution is 1.13. The second-order valence-corrected chi connectivity index (χ2v) is 3.10. The number of benzene rings is 1. The average molecular weight is 189 g/mol. The first-order valence-corrected chi connectivity index (χ1v) is 4.63. The number of hydrogen-bond acceptors (Lipinski definition) is 3. The van der Waals surface area contributed by atoms with Crippen molar-refractivity contribution >= 4 is 17.4 Å². The predicted molar refractivity (Wildman–Crippen MR) is 60.8 cm³/mol. The number of anilines is 1. The largest absolute Gasteiger partial charge is 0.378 e. The molecule has 3 heteroatoms. The van der Waals surface area contributed by atoms with Gasteiger partial charge in [-0.05, 0) is 25.1 Å². The van der Waals surface area contributed by atoms with Gasteiger partial charge in [0.05, 0.1) is 11.7 Å². The van der Waals surface area contributed by atoms with Crippen LogP contribution in [0, 0.1) is 0 Å². The van der Waals surface area contributed by atoms with Crippen molar-refractivity contribution in [3.8, 4) is 0 Å². The molecule has 0 amide bonds. The van der Waals surface area contributed by atoms with Crippen molar-refractivity contribution in [1.29, 1.82) is 0 Å². The summed E-state index contributed by atoms with van der Waals surface area (Å²) in [6.45, 7) is 2.68. The monoisotopic (exact) mass is 189 g/mol. The molecule has 0 spiro atoms. The Kier molecular flexibility index (Phi) is 3.89. The number of aliphatic imine (C=N–C) groups is 2. The highest BCUT2D eigenvalue weighted by molar-refractivity contribution is 5.59. The summed E-state index contributed by atoms with van der Waals surface area (Å²) in [5, 5.41) is 0. The first kappa shape index (κ1) is 10.5. The van der Waals surface area contributed by atoms with E-state index in [0.717, 1.165) is 17.9 Å². The van der Waals surface area contributed by atoms with Crippen molar-refractivity contribution in [1.82, 2.24) is 0 Å². The molecular formula is C11H15N3. The van der Waals surface area contributed by atoms with E-state index in [4.69, 9.17) is 0 Å². The summed E-state index contributed by atoms with van der Waals surface area (Å²) >= 11 is 0. The van der Waals surface area contributed by atoms with Gasteiger partial charge in [-0.3, -0.25) is 0 Å². The van der Waals surface area contributed by atoms with Crippen molar-refractivity contribution < 1.29 is 0 Å². The van der Waals surface area contributed by atoms with E-state index in [1.165, 1.54) is 0 Å². The lowest BCUT2D eigenvalue weighted by atomic mass is 10.3. The number of hydrogen-bond donors (Lipinski definition) is 0. The fourth-order valence-corrected chi connectivity index (χ4v) is 1.00. The van der Waals surface area contributed by atoms with Gasteiger partial charge in [0.15, 0.2) is 0 Å². The van der Waals surface area contributed by atoms with E-state index < -0.39 is 0 Å². The highest BCUT2D eigenvalue weighted by Crippen LogP contribution is 2.18. The van der Waals surface area contributed by atoms with E-state index >= 15 is 0 Å². The molecule has 74 valence electrons. The van der Waals surface area contributed by atoms with E-state index in [1.807, 2.05) is 50.2 Å². The second kappa shape index (κ2) is 5.20. The molecule has 0 unspecified atom stereocenters. The lowest BCUT2D eigenvalue weighted by Crippen LogP contribution is -2.07. The molecule has 3 nitrogen and oxygen atoms in total. The molecule has 0 aromatic heterocycles. The van der Waals surface area contributed by atoms with Gasteiger partial charge >= 0.3 is 0 Å². The van der Waals surface area contributed by atoms with Crippen molar-refractivity contribution in [3.63, 3.8) is 0 Å². The SMILES string of the molecule is CCN=C=Nc1cccc(N(C)C)c1. The summed E-state index contributed by atoms with van der Waals surface area (Å²) in [6, 6.07) is 10.6. The van der Waals surface area contributed by atoms with Gasteiger partial charge in [0, 0.05) is 26.3 Å². The maximum Gasteiger partial charge on any atom is 0.0948 e. The van der Waals surface area contributed by atoms with Crippen LogP contribution in [0.2, 0.25) is 0 Å². The third-order valence-corrected chi connectivity index (χ3v) is 1.75. The molecule has 0 saturated heterocycles. The molecule has 1 aromatic rings. The van der Waals surface area contributed by atoms with E-state index in [0.29, 0.717) is 0 Å². The zero-order valence-electron chi connectivity index (χ0n) is 8.86. The molecule has 0 atom stereocenters. The van der Waals surface area contributed by atoms with E-state index in [2.05, 4.69) is 16.0 Å². The highest BCUT2D eigenvalue weighted by Gasteiger charge is 1.94. The fraction of sp³-hybridized carbons (Fsp3) is 0.364. The molecule has 0 aliphatic heterocycles. The van der Waals surface area contributed by atoms with Gasteiger partial charge in [0.2, 0.25) is 0 Å². The molecule has 0 bridgehead atoms. The summed E-state index contributed by atoms with van der Waals surface area (Å²) in [4.78, 5) is 10.0. The zero-order chi connectivity index (χ0) is 10.4. The molecule has 0 aliphatic carbocycles. The molecule has 0 radical (unpaired) electrons. The molecule has 14 heavy (non-hydrogen) atoms. The van der Waals surface area contributed by atoms with E-state index in [-0.39, 0.29) is 0 Å². The normalized spacial score (nSPS) is 9.07. The van der Waals surface area contributed by atoms with E-state index in [9.17, 15) is 0 Å². The molecular weight excluding hydrogens is 174 g/mol. The molecule has 1 rings (SSSR count). The quantitative estimate of drug-likeness (QED) is 0.671. The van der Waals surface area contributed by atoms with Crippen LogP contribution in [-0.4, -0.2) is 26.6 Å². The average Bonchev–Trinajstić information content (AvgIpc) is 2.19. The van der Waals surface area contributed by atoms with Gasteiger partial charge < -0.3 is 4.90 Å². The third kappa shape index (κ3) is 3.04. The van der Waals surface area contributed by atoms with Crippen LogP contribution in [0.5, 0.6) is 0 Å². The summed E-state index contributed by atoms with van der Waals surface area (Å²) in [6.07, 6.45) is 0. The minimum absolute atomic E-state index is 0.719. The van der Waals surface area contributed by atoms with Gasteiger partial charge in [0.1, 0.15) is 0 Å². The molecule has 0 saturated carbocycles. The smallest absolute Gasteiger partial charge is 0.0948 e. The van der Waals surface area contributed by atoms with Crippen LogP contribution in [0.1, 0.15) is 6.92 Å². The van der Waals surface area contributed by atoms with Crippen LogP contribution in [0.25, 0.3) is 0 Å². The Morgan fingerprint density at radius 1 is 1.36 bits per heavy atom. The summed E-state index contributed by atoms with van der Waals surface area (Å²) in [7, 11) is 4.01.